The molecule has 3 rings (SSSR count). The van der Waals surface area contributed by atoms with Gasteiger partial charge in [-0.1, -0.05) is 22.0 Å². The molecule has 0 bridgehead atoms. The Morgan fingerprint density at radius 2 is 1.96 bits per heavy atom. The molecule has 2 N–H and O–H groups in total. The molecule has 5 nitrogen and oxygen atoms in total. The van der Waals surface area contributed by atoms with Crippen molar-refractivity contribution in [1.82, 2.24) is 0 Å². The Morgan fingerprint density at radius 3 is 2.65 bits per heavy atom. The first-order valence-electron chi connectivity index (χ1n) is 6.85. The van der Waals surface area contributed by atoms with Gasteiger partial charge in [0.1, 0.15) is 11.5 Å². The number of halogens is 1. The molecule has 0 radical (unpaired) electrons. The highest BCUT2D eigenvalue weighted by atomic mass is 79.9. The quantitative estimate of drug-likeness (QED) is 0.789. The predicted molar refractivity (Wildman–Crippen MR) is 92.5 cm³/mol. The highest BCUT2D eigenvalue weighted by Crippen LogP contribution is 2.29. The maximum Gasteiger partial charge on any atom is 0.280 e. The van der Waals surface area contributed by atoms with Crippen LogP contribution >= 0.6 is 15.9 Å². The van der Waals surface area contributed by atoms with Crippen molar-refractivity contribution >= 4 is 39.3 Å². The minimum Gasteiger partial charge on any atom is -0.508 e. The fourth-order valence-electron chi connectivity index (χ4n) is 2.28. The van der Waals surface area contributed by atoms with Crippen LogP contribution in [0.15, 0.2) is 57.6 Å². The number of phenols is 2. The van der Waals surface area contributed by atoms with Crippen LogP contribution in [0.25, 0.3) is 6.08 Å². The Balaban J connectivity index is 1.98. The molecule has 0 aromatic heterocycles. The summed E-state index contributed by atoms with van der Waals surface area (Å²) in [6.07, 6.45) is 1.56. The fraction of sp³-hybridized carbons (Fsp3) is 0.0588. The van der Waals surface area contributed by atoms with E-state index in [9.17, 15) is 15.0 Å². The monoisotopic (exact) mass is 372 g/mol. The molecule has 1 heterocycles. The van der Waals surface area contributed by atoms with Gasteiger partial charge in [0.15, 0.2) is 0 Å². The van der Waals surface area contributed by atoms with Gasteiger partial charge in [0.2, 0.25) is 0 Å². The number of benzene rings is 2. The number of amides is 1. The van der Waals surface area contributed by atoms with E-state index in [0.717, 1.165) is 4.47 Å². The first-order valence-corrected chi connectivity index (χ1v) is 7.64. The summed E-state index contributed by atoms with van der Waals surface area (Å²) in [6.45, 7) is 1.74. The van der Waals surface area contributed by atoms with Gasteiger partial charge in [-0.25, -0.2) is 0 Å². The molecule has 1 amide bonds. The second kappa shape index (κ2) is 5.89. The second-order valence-electron chi connectivity index (χ2n) is 5.08. The molecule has 0 aliphatic carbocycles. The van der Waals surface area contributed by atoms with E-state index in [1.807, 2.05) is 12.1 Å². The van der Waals surface area contributed by atoms with E-state index in [4.69, 9.17) is 0 Å². The summed E-state index contributed by atoms with van der Waals surface area (Å²) in [5, 5.41) is 24.8. The Hall–Kier alpha value is -2.60. The van der Waals surface area contributed by atoms with Gasteiger partial charge >= 0.3 is 0 Å². The van der Waals surface area contributed by atoms with Gasteiger partial charge in [-0.15, -0.1) is 0 Å². The van der Waals surface area contributed by atoms with Crippen molar-refractivity contribution in [3.8, 4) is 11.5 Å². The zero-order valence-corrected chi connectivity index (χ0v) is 13.8. The zero-order valence-electron chi connectivity index (χ0n) is 12.2. The molecule has 2 aromatic rings. The van der Waals surface area contributed by atoms with Crippen molar-refractivity contribution in [2.24, 2.45) is 5.10 Å². The number of nitrogens with zero attached hydrogens (tertiary/aromatic N) is 2. The van der Waals surface area contributed by atoms with Crippen molar-refractivity contribution in [3.63, 3.8) is 0 Å². The third-order valence-corrected chi connectivity index (χ3v) is 3.92. The van der Waals surface area contributed by atoms with Crippen molar-refractivity contribution in [2.75, 3.05) is 5.01 Å². The molecule has 2 aromatic carbocycles. The normalized spacial score (nSPS) is 16.1. The summed E-state index contributed by atoms with van der Waals surface area (Å²) in [7, 11) is 0. The molecular formula is C17H13BrN2O3. The summed E-state index contributed by atoms with van der Waals surface area (Å²) in [6, 6.07) is 11.5. The lowest BCUT2D eigenvalue weighted by molar-refractivity contribution is -0.114. The lowest BCUT2D eigenvalue weighted by Crippen LogP contribution is -2.21. The van der Waals surface area contributed by atoms with Gasteiger partial charge in [-0.3, -0.25) is 4.79 Å². The average molecular weight is 373 g/mol. The van der Waals surface area contributed by atoms with E-state index in [1.165, 1.54) is 17.1 Å². The first kappa shape index (κ1) is 15.3. The van der Waals surface area contributed by atoms with Crippen molar-refractivity contribution in [1.29, 1.82) is 0 Å². The van der Waals surface area contributed by atoms with Crippen LogP contribution in [0.5, 0.6) is 11.5 Å². The highest BCUT2D eigenvalue weighted by molar-refractivity contribution is 9.10. The lowest BCUT2D eigenvalue weighted by Gasteiger charge is -2.11. The number of hydrazone groups is 1. The number of aromatic hydroxyl groups is 2. The molecule has 1 aliphatic heterocycles. The SMILES string of the molecule is CC1=NN(c2cccc(Br)c2)C(=O)/C1=C/c1ccc(O)cc1O. The summed E-state index contributed by atoms with van der Waals surface area (Å²) in [4.78, 5) is 12.6. The van der Waals surface area contributed by atoms with Gasteiger partial charge < -0.3 is 10.2 Å². The van der Waals surface area contributed by atoms with Gasteiger partial charge in [-0.05, 0) is 43.3 Å². The van der Waals surface area contributed by atoms with E-state index < -0.39 is 0 Å². The third-order valence-electron chi connectivity index (χ3n) is 3.43. The van der Waals surface area contributed by atoms with Crippen LogP contribution < -0.4 is 5.01 Å². The van der Waals surface area contributed by atoms with Crippen LogP contribution in [0, 0.1) is 0 Å². The van der Waals surface area contributed by atoms with Gasteiger partial charge in [-0.2, -0.15) is 10.1 Å². The molecule has 0 fully saturated rings. The third kappa shape index (κ3) is 2.98. The molecule has 0 saturated carbocycles. The van der Waals surface area contributed by atoms with E-state index in [-0.39, 0.29) is 17.4 Å². The van der Waals surface area contributed by atoms with Crippen LogP contribution in [0.3, 0.4) is 0 Å². The molecule has 0 unspecified atom stereocenters. The van der Waals surface area contributed by atoms with Crippen LogP contribution in [-0.2, 0) is 4.79 Å². The fourth-order valence-corrected chi connectivity index (χ4v) is 2.66. The number of rotatable bonds is 2. The van der Waals surface area contributed by atoms with E-state index in [2.05, 4.69) is 21.0 Å². The van der Waals surface area contributed by atoms with Crippen molar-refractivity contribution in [3.05, 3.63) is 58.1 Å². The lowest BCUT2D eigenvalue weighted by atomic mass is 10.1. The van der Waals surface area contributed by atoms with Gasteiger partial charge in [0, 0.05) is 16.1 Å². The Kier molecular flexibility index (Phi) is 3.92. The number of anilines is 1. The molecule has 1 aliphatic rings. The first-order chi connectivity index (χ1) is 11.0. The smallest absolute Gasteiger partial charge is 0.280 e. The average Bonchev–Trinajstić information content (AvgIpc) is 2.78. The van der Waals surface area contributed by atoms with Crippen LogP contribution in [0.4, 0.5) is 5.69 Å². The molecule has 0 saturated heterocycles. The van der Waals surface area contributed by atoms with Crippen LogP contribution in [0.1, 0.15) is 12.5 Å². The van der Waals surface area contributed by atoms with Crippen LogP contribution in [0.2, 0.25) is 0 Å². The number of carbonyl (C=O) groups is 1. The molecule has 0 atom stereocenters. The molecule has 6 heteroatoms. The Labute approximate surface area is 141 Å². The Bertz CT molecular complexity index is 859. The summed E-state index contributed by atoms with van der Waals surface area (Å²) in [5.41, 5.74) is 2.05. The number of hydrogen-bond donors (Lipinski definition) is 2. The molecule has 0 spiro atoms. The minimum absolute atomic E-state index is 0.0384. The van der Waals surface area contributed by atoms with Crippen molar-refractivity contribution < 1.29 is 15.0 Å². The van der Waals surface area contributed by atoms with E-state index in [1.54, 1.807) is 31.2 Å². The molecule has 23 heavy (non-hydrogen) atoms. The number of hydrogen-bond acceptors (Lipinski definition) is 4. The standard InChI is InChI=1S/C17H13BrN2O3/c1-10-15(7-11-5-6-14(21)9-16(11)22)17(23)20(19-10)13-4-2-3-12(18)8-13/h2-9,21-22H,1H3/b15-7+. The molecular weight excluding hydrogens is 360 g/mol. The maximum atomic E-state index is 12.6. The summed E-state index contributed by atoms with van der Waals surface area (Å²) in [5.74, 6) is -0.407. The topological polar surface area (TPSA) is 73.1 Å². The second-order valence-corrected chi connectivity index (χ2v) is 6.00. The van der Waals surface area contributed by atoms with E-state index >= 15 is 0 Å². The molecule has 116 valence electrons. The highest BCUT2D eigenvalue weighted by Gasteiger charge is 2.29. The number of carbonyl (C=O) groups excluding carboxylic acids is 1. The van der Waals surface area contributed by atoms with Crippen LogP contribution in [-0.4, -0.2) is 21.8 Å². The van der Waals surface area contributed by atoms with Gasteiger partial charge in [0.25, 0.3) is 5.91 Å². The van der Waals surface area contributed by atoms with Crippen molar-refractivity contribution in [2.45, 2.75) is 6.92 Å². The Morgan fingerprint density at radius 1 is 1.17 bits per heavy atom. The predicted octanol–water partition coefficient (Wildman–Crippen LogP) is 3.67. The minimum atomic E-state index is -0.270. The van der Waals surface area contributed by atoms with Gasteiger partial charge in [0.05, 0.1) is 17.0 Å². The number of phenolic OH excluding ortho intramolecular Hbond substituents is 2. The summed E-state index contributed by atoms with van der Waals surface area (Å²) >= 11 is 3.37. The zero-order chi connectivity index (χ0) is 16.6. The summed E-state index contributed by atoms with van der Waals surface area (Å²) < 4.78 is 0.851. The largest absolute Gasteiger partial charge is 0.508 e. The maximum absolute atomic E-state index is 12.6. The van der Waals surface area contributed by atoms with E-state index in [0.29, 0.717) is 22.5 Å².